The second-order valence-electron chi connectivity index (χ2n) is 5.71. The van der Waals surface area contributed by atoms with Gasteiger partial charge in [-0.1, -0.05) is 0 Å². The van der Waals surface area contributed by atoms with E-state index in [1.807, 2.05) is 39.0 Å². The van der Waals surface area contributed by atoms with Crippen LogP contribution >= 0.6 is 0 Å². The van der Waals surface area contributed by atoms with Crippen molar-refractivity contribution in [1.29, 1.82) is 0 Å². The molecule has 1 heterocycles. The highest BCUT2D eigenvalue weighted by molar-refractivity contribution is 5.89. The van der Waals surface area contributed by atoms with E-state index in [0.29, 0.717) is 6.54 Å². The van der Waals surface area contributed by atoms with Crippen LogP contribution in [0.3, 0.4) is 0 Å². The number of aryl methyl sites for hydroxylation is 1. The van der Waals surface area contributed by atoms with Gasteiger partial charge in [-0.3, -0.25) is 9.89 Å². The van der Waals surface area contributed by atoms with E-state index < -0.39 is 5.60 Å². The molecule has 0 atom stereocenters. The highest BCUT2D eigenvalue weighted by atomic mass is 16.6. The Labute approximate surface area is 114 Å². The number of benzene rings is 1. The summed E-state index contributed by atoms with van der Waals surface area (Å²) in [6.07, 6.45) is 1.61. The minimum Gasteiger partial charge on any atom is -0.443 e. The third kappa shape index (κ3) is 3.13. The van der Waals surface area contributed by atoms with E-state index in [1.165, 1.54) is 0 Å². The normalized spacial score (nSPS) is 14.8. The van der Waals surface area contributed by atoms with Gasteiger partial charge in [-0.25, -0.2) is 4.79 Å². The molecule has 0 aliphatic carbocycles. The molecule has 1 aromatic carbocycles. The summed E-state index contributed by atoms with van der Waals surface area (Å²) in [4.78, 5) is 17.8. The molecule has 102 valence electrons. The maximum Gasteiger partial charge on any atom is 0.414 e. The summed E-state index contributed by atoms with van der Waals surface area (Å²) in [5.41, 5.74) is 2.41. The van der Waals surface area contributed by atoms with Crippen LogP contribution in [-0.4, -0.2) is 25.0 Å². The van der Waals surface area contributed by atoms with Gasteiger partial charge in [0.2, 0.25) is 0 Å². The van der Waals surface area contributed by atoms with Crippen LogP contribution < -0.4 is 4.90 Å². The first-order valence-corrected chi connectivity index (χ1v) is 6.51. The average Bonchev–Trinajstić information content (AvgIpc) is 2.35. The van der Waals surface area contributed by atoms with Gasteiger partial charge in [0.25, 0.3) is 0 Å². The lowest BCUT2D eigenvalue weighted by molar-refractivity contribution is 0.0578. The third-order valence-corrected chi connectivity index (χ3v) is 2.98. The Bertz CT molecular complexity index is 503. The molecule has 4 heteroatoms. The number of nitrogens with zero attached hydrogens (tertiary/aromatic N) is 2. The summed E-state index contributed by atoms with van der Waals surface area (Å²) in [6, 6.07) is 5.77. The van der Waals surface area contributed by atoms with Crippen LogP contribution in [0.15, 0.2) is 23.2 Å². The topological polar surface area (TPSA) is 41.9 Å². The Kier molecular flexibility index (Phi) is 3.60. The predicted octanol–water partition coefficient (Wildman–Crippen LogP) is 3.71. The fraction of sp³-hybridized carbons (Fsp3) is 0.467. The number of hydrogen-bond acceptors (Lipinski definition) is 3. The summed E-state index contributed by atoms with van der Waals surface area (Å²) in [6.45, 7) is 9.85. The van der Waals surface area contributed by atoms with E-state index in [2.05, 4.69) is 11.7 Å². The zero-order valence-corrected chi connectivity index (χ0v) is 11.8. The lowest BCUT2D eigenvalue weighted by Crippen LogP contribution is -2.39. The van der Waals surface area contributed by atoms with Crippen LogP contribution in [0.25, 0.3) is 0 Å². The van der Waals surface area contributed by atoms with Crippen molar-refractivity contribution in [3.05, 3.63) is 23.8 Å². The number of hydrogen-bond donors (Lipinski definition) is 0. The van der Waals surface area contributed by atoms with E-state index in [1.54, 1.807) is 4.90 Å². The molecule has 0 spiro atoms. The first kappa shape index (κ1) is 13.6. The molecule has 0 radical (unpaired) electrons. The number of anilines is 1. The van der Waals surface area contributed by atoms with Gasteiger partial charge in [0.1, 0.15) is 5.60 Å². The van der Waals surface area contributed by atoms with Gasteiger partial charge in [-0.15, -0.1) is 0 Å². The number of aliphatic imine (C=N–C) groups is 1. The second-order valence-corrected chi connectivity index (χ2v) is 5.71. The molecule has 0 N–H and O–H groups in total. The van der Waals surface area contributed by atoms with Crippen molar-refractivity contribution < 1.29 is 9.53 Å². The molecule has 0 saturated heterocycles. The van der Waals surface area contributed by atoms with Crippen molar-refractivity contribution in [3.8, 4) is 0 Å². The Hall–Kier alpha value is -1.84. The van der Waals surface area contributed by atoms with Crippen LogP contribution in [0, 0.1) is 0 Å². The number of carbonyl (C=O) groups excluding carboxylic acids is 1. The fourth-order valence-electron chi connectivity index (χ4n) is 2.19. The zero-order valence-electron chi connectivity index (χ0n) is 11.8. The summed E-state index contributed by atoms with van der Waals surface area (Å²) >= 11 is 0. The molecule has 0 unspecified atom stereocenters. The molecular formula is C15H20N2O2. The molecule has 0 saturated carbocycles. The van der Waals surface area contributed by atoms with Crippen molar-refractivity contribution in [2.75, 3.05) is 11.4 Å². The summed E-state index contributed by atoms with van der Waals surface area (Å²) in [5, 5.41) is 0. The van der Waals surface area contributed by atoms with Crippen LogP contribution in [0.1, 0.15) is 32.8 Å². The van der Waals surface area contributed by atoms with Gasteiger partial charge in [-0.2, -0.15) is 0 Å². The standard InChI is InChI=1S/C15H20N2O2/c1-15(2,3)19-14(18)17-9-5-6-11-10-12(16-4)7-8-13(11)17/h7-8,10H,4-6,9H2,1-3H3. The van der Waals surface area contributed by atoms with E-state index in [0.717, 1.165) is 29.8 Å². The van der Waals surface area contributed by atoms with E-state index in [-0.39, 0.29) is 6.09 Å². The van der Waals surface area contributed by atoms with Crippen molar-refractivity contribution in [3.63, 3.8) is 0 Å². The minimum atomic E-state index is -0.475. The molecule has 1 aliphatic heterocycles. The van der Waals surface area contributed by atoms with Crippen LogP contribution in [-0.2, 0) is 11.2 Å². The number of rotatable bonds is 1. The number of carbonyl (C=O) groups is 1. The maximum atomic E-state index is 12.2. The largest absolute Gasteiger partial charge is 0.443 e. The smallest absolute Gasteiger partial charge is 0.414 e. The van der Waals surface area contributed by atoms with Gasteiger partial charge >= 0.3 is 6.09 Å². The maximum absolute atomic E-state index is 12.2. The lowest BCUT2D eigenvalue weighted by atomic mass is 10.0. The van der Waals surface area contributed by atoms with Crippen LogP contribution in [0.5, 0.6) is 0 Å². The molecule has 0 fully saturated rings. The summed E-state index contributed by atoms with van der Waals surface area (Å²) < 4.78 is 5.44. The average molecular weight is 260 g/mol. The van der Waals surface area contributed by atoms with Crippen molar-refractivity contribution >= 4 is 24.2 Å². The van der Waals surface area contributed by atoms with Crippen LogP contribution in [0.4, 0.5) is 16.2 Å². The number of fused-ring (bicyclic) bond motifs is 1. The first-order chi connectivity index (χ1) is 8.90. The van der Waals surface area contributed by atoms with Gasteiger partial charge in [-0.05, 0) is 64.1 Å². The van der Waals surface area contributed by atoms with E-state index in [4.69, 9.17) is 4.74 Å². The Balaban J connectivity index is 2.27. The molecule has 0 bridgehead atoms. The quantitative estimate of drug-likeness (QED) is 0.722. The number of ether oxygens (including phenoxy) is 1. The highest BCUT2D eigenvalue weighted by Crippen LogP contribution is 2.31. The lowest BCUT2D eigenvalue weighted by Gasteiger charge is -2.31. The molecule has 1 aliphatic rings. The molecule has 19 heavy (non-hydrogen) atoms. The second kappa shape index (κ2) is 5.03. The first-order valence-electron chi connectivity index (χ1n) is 6.51. The van der Waals surface area contributed by atoms with Crippen molar-refractivity contribution in [1.82, 2.24) is 0 Å². The van der Waals surface area contributed by atoms with Gasteiger partial charge < -0.3 is 4.74 Å². The summed E-state index contributed by atoms with van der Waals surface area (Å²) in [7, 11) is 0. The molecule has 4 nitrogen and oxygen atoms in total. The van der Waals surface area contributed by atoms with Gasteiger partial charge in [0.15, 0.2) is 0 Å². The van der Waals surface area contributed by atoms with E-state index >= 15 is 0 Å². The molecule has 1 aromatic rings. The van der Waals surface area contributed by atoms with Crippen molar-refractivity contribution in [2.45, 2.75) is 39.2 Å². The summed E-state index contributed by atoms with van der Waals surface area (Å²) in [5.74, 6) is 0. The minimum absolute atomic E-state index is 0.284. The van der Waals surface area contributed by atoms with Gasteiger partial charge in [0, 0.05) is 6.54 Å². The Morgan fingerprint density at radius 2 is 2.16 bits per heavy atom. The van der Waals surface area contributed by atoms with Crippen LogP contribution in [0.2, 0.25) is 0 Å². The SMILES string of the molecule is C=Nc1ccc2c(c1)CCCN2C(=O)OC(C)(C)C. The monoisotopic (exact) mass is 260 g/mol. The Morgan fingerprint density at radius 3 is 2.79 bits per heavy atom. The van der Waals surface area contributed by atoms with Gasteiger partial charge in [0.05, 0.1) is 11.4 Å². The van der Waals surface area contributed by atoms with Crippen molar-refractivity contribution in [2.24, 2.45) is 4.99 Å². The highest BCUT2D eigenvalue weighted by Gasteiger charge is 2.27. The molecule has 1 amide bonds. The molecule has 0 aromatic heterocycles. The zero-order chi connectivity index (χ0) is 14.0. The molecular weight excluding hydrogens is 240 g/mol. The fourth-order valence-corrected chi connectivity index (χ4v) is 2.19. The molecule has 2 rings (SSSR count). The predicted molar refractivity (Wildman–Crippen MR) is 77.6 cm³/mol. The third-order valence-electron chi connectivity index (χ3n) is 2.98. The number of amides is 1. The van der Waals surface area contributed by atoms with E-state index in [9.17, 15) is 4.79 Å². The Morgan fingerprint density at radius 1 is 1.42 bits per heavy atom.